The molecule has 180 valence electrons. The minimum Gasteiger partial charge on any atom is -0.354 e. The van der Waals surface area contributed by atoms with Crippen LogP contribution in [0.25, 0.3) is 0 Å². The number of aromatic nitrogens is 1. The summed E-state index contributed by atoms with van der Waals surface area (Å²) in [5.74, 6) is -0.717. The smallest absolute Gasteiger partial charge is 0.243 e. The minimum absolute atomic E-state index is 0.147. The number of hydrogen-bond acceptors (Lipinski definition) is 7. The molecule has 0 bridgehead atoms. The Balaban J connectivity index is 1.45. The van der Waals surface area contributed by atoms with Crippen LogP contribution in [0.5, 0.6) is 0 Å². The molecular formula is C20H26FN5O5S2. The van der Waals surface area contributed by atoms with Crippen LogP contribution < -0.4 is 10.2 Å². The van der Waals surface area contributed by atoms with Crippen LogP contribution in [-0.2, 0) is 24.8 Å². The predicted octanol–water partition coefficient (Wildman–Crippen LogP) is 0.109. The number of nitrogens with zero attached hydrogens (tertiary/aromatic N) is 4. The van der Waals surface area contributed by atoms with Gasteiger partial charge in [0.15, 0.2) is 0 Å². The van der Waals surface area contributed by atoms with Crippen molar-refractivity contribution in [3.8, 4) is 0 Å². The molecule has 1 fully saturated rings. The van der Waals surface area contributed by atoms with E-state index in [0.29, 0.717) is 26.2 Å². The number of benzene rings is 1. The first kappa shape index (κ1) is 25.0. The number of carbonyl (C=O) groups is 1. The Morgan fingerprint density at radius 1 is 1.06 bits per heavy atom. The van der Waals surface area contributed by atoms with E-state index in [1.165, 1.54) is 11.4 Å². The van der Waals surface area contributed by atoms with Crippen molar-refractivity contribution in [1.29, 1.82) is 0 Å². The van der Waals surface area contributed by atoms with Gasteiger partial charge in [0, 0.05) is 46.0 Å². The van der Waals surface area contributed by atoms with Crippen molar-refractivity contribution < 1.29 is 26.0 Å². The van der Waals surface area contributed by atoms with Crippen LogP contribution in [0.4, 0.5) is 10.2 Å². The number of hydrogen-bond donors (Lipinski definition) is 1. The molecule has 10 nitrogen and oxygen atoms in total. The van der Waals surface area contributed by atoms with Gasteiger partial charge in [0.25, 0.3) is 0 Å². The Morgan fingerprint density at radius 2 is 1.73 bits per heavy atom. The quantitative estimate of drug-likeness (QED) is 0.520. The highest BCUT2D eigenvalue weighted by atomic mass is 32.2. The van der Waals surface area contributed by atoms with Crippen LogP contribution in [0, 0.1) is 5.82 Å². The number of rotatable bonds is 9. The second-order valence-electron chi connectivity index (χ2n) is 7.45. The van der Waals surface area contributed by atoms with Crippen molar-refractivity contribution in [3.63, 3.8) is 0 Å². The van der Waals surface area contributed by atoms with E-state index < -0.39 is 38.3 Å². The van der Waals surface area contributed by atoms with Crippen LogP contribution >= 0.6 is 0 Å². The van der Waals surface area contributed by atoms with Crippen LogP contribution in [0.2, 0.25) is 0 Å². The second-order valence-corrected chi connectivity index (χ2v) is 11.6. The molecule has 33 heavy (non-hydrogen) atoms. The fourth-order valence-electron chi connectivity index (χ4n) is 3.31. The molecule has 1 N–H and O–H groups in total. The number of sulfonamides is 2. The second kappa shape index (κ2) is 10.5. The molecule has 1 aromatic carbocycles. The topological polar surface area (TPSA) is 120 Å². The number of nitrogens with one attached hydrogen (secondary N) is 1. The highest BCUT2D eigenvalue weighted by molar-refractivity contribution is 7.89. The van der Waals surface area contributed by atoms with Crippen LogP contribution in [0.15, 0.2) is 53.6 Å². The fourth-order valence-corrected chi connectivity index (χ4v) is 5.78. The summed E-state index contributed by atoms with van der Waals surface area (Å²) in [7, 11) is -6.35. The normalized spacial score (nSPS) is 15.5. The number of likely N-dealkylation sites (N-methyl/N-ethyl adjacent to an activating group) is 1. The van der Waals surface area contributed by atoms with E-state index >= 15 is 0 Å². The Morgan fingerprint density at radius 3 is 2.33 bits per heavy atom. The van der Waals surface area contributed by atoms with Crippen molar-refractivity contribution in [1.82, 2.24) is 18.9 Å². The van der Waals surface area contributed by atoms with E-state index in [-0.39, 0.29) is 17.2 Å². The fraction of sp³-hybridized carbons (Fsp3) is 0.400. The number of piperazine rings is 1. The monoisotopic (exact) mass is 499 g/mol. The van der Waals surface area contributed by atoms with Crippen molar-refractivity contribution in [3.05, 3.63) is 54.5 Å². The summed E-state index contributed by atoms with van der Waals surface area (Å²) in [5.41, 5.74) is 0. The number of anilines is 1. The molecule has 13 heteroatoms. The van der Waals surface area contributed by atoms with Gasteiger partial charge < -0.3 is 10.2 Å². The Bertz CT molecular complexity index is 1150. The zero-order valence-electron chi connectivity index (χ0n) is 18.1. The van der Waals surface area contributed by atoms with E-state index in [9.17, 15) is 26.0 Å². The maximum absolute atomic E-state index is 13.0. The molecule has 0 radical (unpaired) electrons. The lowest BCUT2D eigenvalue weighted by Gasteiger charge is -2.34. The third-order valence-electron chi connectivity index (χ3n) is 5.18. The highest BCUT2D eigenvalue weighted by Gasteiger charge is 2.28. The molecule has 0 atom stereocenters. The van der Waals surface area contributed by atoms with Gasteiger partial charge in [-0.25, -0.2) is 26.2 Å². The summed E-state index contributed by atoms with van der Waals surface area (Å²) in [5, 5.41) is 2.44. The third-order valence-corrected chi connectivity index (χ3v) is 8.87. The van der Waals surface area contributed by atoms with E-state index in [2.05, 4.69) is 10.3 Å². The number of carbonyl (C=O) groups excluding carboxylic acids is 1. The first-order valence-electron chi connectivity index (χ1n) is 10.2. The molecule has 0 spiro atoms. The summed E-state index contributed by atoms with van der Waals surface area (Å²) in [6.45, 7) is 0.995. The molecule has 2 aromatic rings. The van der Waals surface area contributed by atoms with Crippen molar-refractivity contribution >= 4 is 31.8 Å². The largest absolute Gasteiger partial charge is 0.354 e. The Labute approximate surface area is 193 Å². The maximum Gasteiger partial charge on any atom is 0.243 e. The van der Waals surface area contributed by atoms with Crippen LogP contribution in [0.3, 0.4) is 0 Å². The van der Waals surface area contributed by atoms with Crippen molar-refractivity contribution in [2.24, 2.45) is 0 Å². The summed E-state index contributed by atoms with van der Waals surface area (Å²) < 4.78 is 65.4. The van der Waals surface area contributed by atoms with Gasteiger partial charge in [-0.05, 0) is 36.4 Å². The first-order chi connectivity index (χ1) is 15.6. The Hall–Kier alpha value is -2.61. The van der Waals surface area contributed by atoms with Crippen molar-refractivity contribution in [2.75, 3.05) is 57.0 Å². The summed E-state index contributed by atoms with van der Waals surface area (Å²) in [6.07, 6.45) is 1.68. The first-order valence-corrected chi connectivity index (χ1v) is 13.3. The number of pyridine rings is 1. The summed E-state index contributed by atoms with van der Waals surface area (Å²) in [4.78, 5) is 18.3. The van der Waals surface area contributed by atoms with Gasteiger partial charge in [-0.15, -0.1) is 0 Å². The van der Waals surface area contributed by atoms with Crippen LogP contribution in [0.1, 0.15) is 0 Å². The summed E-state index contributed by atoms with van der Waals surface area (Å²) in [6, 6.07) is 9.81. The van der Waals surface area contributed by atoms with Gasteiger partial charge in [0.1, 0.15) is 11.6 Å². The van der Waals surface area contributed by atoms with E-state index in [4.69, 9.17) is 0 Å². The average Bonchev–Trinajstić information content (AvgIpc) is 2.80. The molecule has 1 amide bonds. The average molecular weight is 500 g/mol. The molecule has 0 saturated carbocycles. The van der Waals surface area contributed by atoms with Gasteiger partial charge in [0.2, 0.25) is 26.0 Å². The standard InChI is InChI=1S/C20H26FN5O5S2/c1-24(33(30,31)18-7-5-17(21)6-8-18)16-20(27)23-10-15-32(28,29)26-13-11-25(12-14-26)19-4-2-3-9-22-19/h2-9H,10-16H2,1H3,(H,23,27). The van der Waals surface area contributed by atoms with Gasteiger partial charge in [-0.3, -0.25) is 4.79 Å². The highest BCUT2D eigenvalue weighted by Crippen LogP contribution is 2.15. The molecule has 0 aliphatic carbocycles. The lowest BCUT2D eigenvalue weighted by atomic mass is 10.3. The maximum atomic E-state index is 13.0. The van der Waals surface area contributed by atoms with E-state index in [1.54, 1.807) is 6.20 Å². The van der Waals surface area contributed by atoms with Gasteiger partial charge in [-0.2, -0.15) is 8.61 Å². The molecular weight excluding hydrogens is 473 g/mol. The molecule has 1 aliphatic rings. The molecule has 0 unspecified atom stereocenters. The molecule has 3 rings (SSSR count). The number of amides is 1. The molecule has 2 heterocycles. The Kier molecular flexibility index (Phi) is 8.00. The third kappa shape index (κ3) is 6.47. The van der Waals surface area contributed by atoms with Crippen LogP contribution in [-0.4, -0.2) is 88.4 Å². The lowest BCUT2D eigenvalue weighted by Crippen LogP contribution is -2.50. The van der Waals surface area contributed by atoms with E-state index in [0.717, 1.165) is 34.4 Å². The lowest BCUT2D eigenvalue weighted by molar-refractivity contribution is -0.121. The number of halogens is 1. The van der Waals surface area contributed by atoms with E-state index in [1.807, 2.05) is 23.1 Å². The predicted molar refractivity (Wildman–Crippen MR) is 121 cm³/mol. The zero-order chi connectivity index (χ0) is 24.1. The SMILES string of the molecule is CN(CC(=O)NCCS(=O)(=O)N1CCN(c2ccccn2)CC1)S(=O)(=O)c1ccc(F)cc1. The van der Waals surface area contributed by atoms with Crippen molar-refractivity contribution in [2.45, 2.75) is 4.90 Å². The molecule has 1 saturated heterocycles. The minimum atomic E-state index is -3.98. The van der Waals surface area contributed by atoms with Gasteiger partial charge in [-0.1, -0.05) is 6.07 Å². The molecule has 1 aromatic heterocycles. The van der Waals surface area contributed by atoms with Gasteiger partial charge in [0.05, 0.1) is 17.2 Å². The zero-order valence-corrected chi connectivity index (χ0v) is 19.7. The molecule has 1 aliphatic heterocycles. The summed E-state index contributed by atoms with van der Waals surface area (Å²) >= 11 is 0. The van der Waals surface area contributed by atoms with Gasteiger partial charge >= 0.3 is 0 Å².